The molecule has 0 aliphatic carbocycles. The van der Waals surface area contributed by atoms with Crippen molar-refractivity contribution in [3.63, 3.8) is 0 Å². The van der Waals surface area contributed by atoms with Gasteiger partial charge in [-0.2, -0.15) is 0 Å². The maximum absolute atomic E-state index is 11.8. The molecule has 72 valence electrons. The number of nitrogens with two attached hydrogens (primary N) is 1. The lowest BCUT2D eigenvalue weighted by atomic mass is 10.4. The van der Waals surface area contributed by atoms with Crippen LogP contribution in [0.5, 0.6) is 0 Å². The average Bonchev–Trinajstić information content (AvgIpc) is 2.18. The highest BCUT2D eigenvalue weighted by Crippen LogP contribution is 2.43. The molecule has 0 amide bonds. The van der Waals surface area contributed by atoms with E-state index in [4.69, 9.17) is 5.73 Å². The predicted molar refractivity (Wildman–Crippen MR) is 54.2 cm³/mol. The Morgan fingerprint density at radius 1 is 1.46 bits per heavy atom. The van der Waals surface area contributed by atoms with Crippen LogP contribution in [0.3, 0.4) is 0 Å². The predicted octanol–water partition coefficient (Wildman–Crippen LogP) is 1.28. The van der Waals surface area contributed by atoms with Crippen molar-refractivity contribution in [1.29, 1.82) is 0 Å². The quantitative estimate of drug-likeness (QED) is 0.721. The molecule has 3 N–H and O–H groups in total. The summed E-state index contributed by atoms with van der Waals surface area (Å²) in [5, 5.41) is 0.435. The molecule has 0 heterocycles. The molecule has 1 aromatic rings. The molecular weight excluding hydrogens is 185 g/mol. The van der Waals surface area contributed by atoms with Gasteiger partial charge >= 0.3 is 0 Å². The Morgan fingerprint density at radius 3 is 2.46 bits per heavy atom. The van der Waals surface area contributed by atoms with Crippen molar-refractivity contribution in [3.05, 3.63) is 30.3 Å². The van der Waals surface area contributed by atoms with Gasteiger partial charge in [0.2, 0.25) is 7.37 Å². The lowest BCUT2D eigenvalue weighted by Crippen LogP contribution is -2.24. The van der Waals surface area contributed by atoms with Crippen molar-refractivity contribution in [2.75, 3.05) is 0 Å². The molecule has 3 nitrogen and oxygen atoms in total. The maximum Gasteiger partial charge on any atom is 0.245 e. The van der Waals surface area contributed by atoms with Crippen molar-refractivity contribution in [3.8, 4) is 0 Å². The van der Waals surface area contributed by atoms with Crippen LogP contribution in [-0.2, 0) is 4.57 Å². The van der Waals surface area contributed by atoms with Crippen LogP contribution >= 0.6 is 7.37 Å². The zero-order valence-electron chi connectivity index (χ0n) is 7.55. The average molecular weight is 199 g/mol. The highest BCUT2D eigenvalue weighted by molar-refractivity contribution is 7.66. The minimum absolute atomic E-state index is 0.435. The van der Waals surface area contributed by atoms with Gasteiger partial charge in [-0.1, -0.05) is 25.1 Å². The van der Waals surface area contributed by atoms with Crippen molar-refractivity contribution in [2.24, 2.45) is 5.73 Å². The first kappa shape index (κ1) is 10.5. The Balaban J connectivity index is 3.01. The van der Waals surface area contributed by atoms with Crippen LogP contribution in [0.25, 0.3) is 0 Å². The second-order valence-corrected chi connectivity index (χ2v) is 5.36. The molecule has 2 unspecified atom stereocenters. The molecule has 1 rings (SSSR count). The van der Waals surface area contributed by atoms with Gasteiger partial charge < -0.3 is 10.6 Å². The SMILES string of the molecule is CCC(N)P(=O)(O)c1ccccc1. The zero-order valence-corrected chi connectivity index (χ0v) is 8.45. The van der Waals surface area contributed by atoms with Gasteiger partial charge in [-0.05, 0) is 18.6 Å². The third-order valence-electron chi connectivity index (χ3n) is 1.99. The topological polar surface area (TPSA) is 63.3 Å². The van der Waals surface area contributed by atoms with Gasteiger partial charge in [0.15, 0.2) is 0 Å². The lowest BCUT2D eigenvalue weighted by molar-refractivity contribution is 0.473. The molecule has 0 fully saturated rings. The molecular formula is C9H14NO2P. The van der Waals surface area contributed by atoms with E-state index in [1.165, 1.54) is 0 Å². The fourth-order valence-electron chi connectivity index (χ4n) is 1.08. The van der Waals surface area contributed by atoms with E-state index in [1.807, 2.05) is 0 Å². The third-order valence-corrected chi connectivity index (χ3v) is 4.30. The molecule has 0 aliphatic heterocycles. The summed E-state index contributed by atoms with van der Waals surface area (Å²) in [5.74, 6) is -0.658. The standard InChI is InChI=1S/C9H14NO2P/c1-2-9(10)13(11,12)8-6-4-3-5-7-8/h3-7,9H,2,10H2,1H3,(H,11,12). The van der Waals surface area contributed by atoms with E-state index in [1.54, 1.807) is 37.3 Å². The summed E-state index contributed by atoms with van der Waals surface area (Å²) in [7, 11) is -3.36. The summed E-state index contributed by atoms with van der Waals surface area (Å²) >= 11 is 0. The molecule has 2 atom stereocenters. The molecule has 0 radical (unpaired) electrons. The molecule has 0 bridgehead atoms. The van der Waals surface area contributed by atoms with E-state index in [2.05, 4.69) is 0 Å². The highest BCUT2D eigenvalue weighted by atomic mass is 31.2. The van der Waals surface area contributed by atoms with Crippen LogP contribution < -0.4 is 11.0 Å². The Kier molecular flexibility index (Phi) is 3.26. The van der Waals surface area contributed by atoms with E-state index in [0.29, 0.717) is 11.7 Å². The normalized spacial score (nSPS) is 17.8. The second kappa shape index (κ2) is 4.05. The highest BCUT2D eigenvalue weighted by Gasteiger charge is 2.27. The van der Waals surface area contributed by atoms with Crippen LogP contribution in [0.1, 0.15) is 13.3 Å². The monoisotopic (exact) mass is 199 g/mol. The van der Waals surface area contributed by atoms with E-state index in [-0.39, 0.29) is 0 Å². The maximum atomic E-state index is 11.8. The van der Waals surface area contributed by atoms with Crippen molar-refractivity contribution >= 4 is 12.7 Å². The lowest BCUT2D eigenvalue weighted by Gasteiger charge is -2.17. The summed E-state index contributed by atoms with van der Waals surface area (Å²) in [4.78, 5) is 9.68. The van der Waals surface area contributed by atoms with Crippen molar-refractivity contribution < 1.29 is 9.46 Å². The van der Waals surface area contributed by atoms with Gasteiger partial charge in [0, 0.05) is 5.30 Å². The molecule has 4 heteroatoms. The van der Waals surface area contributed by atoms with E-state index >= 15 is 0 Å². The summed E-state index contributed by atoms with van der Waals surface area (Å²) in [5.41, 5.74) is 5.57. The summed E-state index contributed by atoms with van der Waals surface area (Å²) in [6.45, 7) is 1.80. The van der Waals surface area contributed by atoms with Gasteiger partial charge in [0.25, 0.3) is 0 Å². The first-order valence-corrected chi connectivity index (χ1v) is 5.95. The third kappa shape index (κ3) is 2.19. The van der Waals surface area contributed by atoms with Crippen molar-refractivity contribution in [1.82, 2.24) is 0 Å². The largest absolute Gasteiger partial charge is 0.340 e. The molecule has 0 aliphatic rings. The van der Waals surface area contributed by atoms with Gasteiger partial charge in [-0.15, -0.1) is 0 Å². The number of hydrogen-bond donors (Lipinski definition) is 2. The Labute approximate surface area is 78.0 Å². The van der Waals surface area contributed by atoms with E-state index < -0.39 is 13.2 Å². The number of hydrogen-bond acceptors (Lipinski definition) is 2. The first-order chi connectivity index (χ1) is 6.09. The van der Waals surface area contributed by atoms with Crippen LogP contribution in [-0.4, -0.2) is 10.7 Å². The van der Waals surface area contributed by atoms with Gasteiger partial charge in [0.1, 0.15) is 0 Å². The van der Waals surface area contributed by atoms with Crippen LogP contribution in [0.2, 0.25) is 0 Å². The smallest absolute Gasteiger partial charge is 0.245 e. The molecule has 13 heavy (non-hydrogen) atoms. The Bertz CT molecular complexity index is 313. The molecule has 0 spiro atoms. The molecule has 0 aromatic heterocycles. The Morgan fingerprint density at radius 2 is 2.00 bits per heavy atom. The molecule has 1 aromatic carbocycles. The van der Waals surface area contributed by atoms with Gasteiger partial charge in [-0.3, -0.25) is 4.57 Å². The molecule has 0 saturated carbocycles. The van der Waals surface area contributed by atoms with E-state index in [0.717, 1.165) is 0 Å². The number of rotatable bonds is 3. The van der Waals surface area contributed by atoms with Crippen LogP contribution in [0.4, 0.5) is 0 Å². The summed E-state index contributed by atoms with van der Waals surface area (Å²) in [6.07, 6.45) is 0.503. The van der Waals surface area contributed by atoms with Crippen LogP contribution in [0, 0.1) is 0 Å². The molecule has 0 saturated heterocycles. The number of benzene rings is 1. The van der Waals surface area contributed by atoms with Gasteiger partial charge in [0.05, 0.1) is 5.78 Å². The Hall–Kier alpha value is -0.630. The van der Waals surface area contributed by atoms with Crippen LogP contribution in [0.15, 0.2) is 30.3 Å². The summed E-state index contributed by atoms with van der Waals surface area (Å²) < 4.78 is 11.8. The summed E-state index contributed by atoms with van der Waals surface area (Å²) in [6, 6.07) is 8.55. The van der Waals surface area contributed by atoms with Crippen molar-refractivity contribution in [2.45, 2.75) is 19.1 Å². The zero-order chi connectivity index (χ0) is 9.90. The second-order valence-electron chi connectivity index (χ2n) is 2.93. The first-order valence-electron chi connectivity index (χ1n) is 4.22. The minimum atomic E-state index is -3.36. The fraction of sp³-hybridized carbons (Fsp3) is 0.333. The van der Waals surface area contributed by atoms with Gasteiger partial charge in [-0.25, -0.2) is 0 Å². The fourth-order valence-corrected chi connectivity index (χ4v) is 2.56. The van der Waals surface area contributed by atoms with E-state index in [9.17, 15) is 9.46 Å². The minimum Gasteiger partial charge on any atom is -0.340 e.